The first-order valence-electron chi connectivity index (χ1n) is 4.76. The molecule has 0 saturated heterocycles. The molecule has 94 valence electrons. The summed E-state index contributed by atoms with van der Waals surface area (Å²) in [6.45, 7) is -0.456. The predicted molar refractivity (Wildman–Crippen MR) is 64.6 cm³/mol. The number of carbonyl (C=O) groups is 1. The van der Waals surface area contributed by atoms with E-state index in [1.165, 1.54) is 6.07 Å². The SMILES string of the molecule is NCC(C(=O)O)S(=O)(=O)Cc1ccccc1Cl. The van der Waals surface area contributed by atoms with Gasteiger partial charge in [-0.05, 0) is 11.6 Å². The number of hydrogen-bond donors (Lipinski definition) is 2. The van der Waals surface area contributed by atoms with Gasteiger partial charge < -0.3 is 10.8 Å². The van der Waals surface area contributed by atoms with Crippen molar-refractivity contribution in [2.24, 2.45) is 5.73 Å². The van der Waals surface area contributed by atoms with Gasteiger partial charge in [0.15, 0.2) is 15.1 Å². The number of nitrogens with two attached hydrogens (primary N) is 1. The van der Waals surface area contributed by atoms with Crippen LogP contribution in [0.15, 0.2) is 24.3 Å². The van der Waals surface area contributed by atoms with E-state index < -0.39 is 33.4 Å². The van der Waals surface area contributed by atoms with E-state index in [4.69, 9.17) is 22.4 Å². The van der Waals surface area contributed by atoms with Gasteiger partial charge in [0.05, 0.1) is 5.75 Å². The zero-order valence-corrected chi connectivity index (χ0v) is 10.4. The molecule has 1 atom stereocenters. The number of carboxylic acid groups (broad SMARTS) is 1. The van der Waals surface area contributed by atoms with Crippen molar-refractivity contribution in [3.63, 3.8) is 0 Å². The molecule has 17 heavy (non-hydrogen) atoms. The molecule has 3 N–H and O–H groups in total. The molecular formula is C10H12ClNO4S. The highest BCUT2D eigenvalue weighted by molar-refractivity contribution is 7.92. The molecule has 1 aromatic rings. The summed E-state index contributed by atoms with van der Waals surface area (Å²) in [5, 5.41) is 7.45. The molecule has 0 aliphatic heterocycles. The van der Waals surface area contributed by atoms with E-state index in [1.54, 1.807) is 18.2 Å². The molecule has 0 amide bonds. The van der Waals surface area contributed by atoms with Gasteiger partial charge in [0.25, 0.3) is 0 Å². The standard InChI is InChI=1S/C10H12ClNO4S/c11-8-4-2-1-3-7(8)6-17(15,16)9(5-12)10(13)14/h1-4,9H,5-6,12H2,(H,13,14). The molecule has 0 heterocycles. The first-order valence-corrected chi connectivity index (χ1v) is 6.85. The number of benzene rings is 1. The van der Waals surface area contributed by atoms with Crippen LogP contribution in [0, 0.1) is 0 Å². The molecule has 0 radical (unpaired) electrons. The quantitative estimate of drug-likeness (QED) is 0.824. The van der Waals surface area contributed by atoms with E-state index in [0.29, 0.717) is 5.56 Å². The third-order valence-electron chi connectivity index (χ3n) is 2.24. The monoisotopic (exact) mass is 277 g/mol. The fourth-order valence-corrected chi connectivity index (χ4v) is 3.10. The van der Waals surface area contributed by atoms with Crippen LogP contribution >= 0.6 is 11.6 Å². The normalized spacial score (nSPS) is 13.3. The second-order valence-corrected chi connectivity index (χ2v) is 6.05. The minimum Gasteiger partial charge on any atom is -0.480 e. The largest absolute Gasteiger partial charge is 0.480 e. The van der Waals surface area contributed by atoms with Crippen molar-refractivity contribution in [3.8, 4) is 0 Å². The Morgan fingerprint density at radius 1 is 1.41 bits per heavy atom. The Bertz CT molecular complexity index is 515. The van der Waals surface area contributed by atoms with Crippen LogP contribution in [-0.4, -0.2) is 31.3 Å². The van der Waals surface area contributed by atoms with Crippen molar-refractivity contribution in [3.05, 3.63) is 34.9 Å². The van der Waals surface area contributed by atoms with Gasteiger partial charge >= 0.3 is 5.97 Å². The maximum absolute atomic E-state index is 11.8. The van der Waals surface area contributed by atoms with Gasteiger partial charge in [-0.3, -0.25) is 4.79 Å². The van der Waals surface area contributed by atoms with E-state index in [0.717, 1.165) is 0 Å². The lowest BCUT2D eigenvalue weighted by molar-refractivity contribution is -0.136. The number of sulfone groups is 1. The lowest BCUT2D eigenvalue weighted by Gasteiger charge is -2.11. The van der Waals surface area contributed by atoms with Crippen molar-refractivity contribution >= 4 is 27.4 Å². The van der Waals surface area contributed by atoms with Crippen LogP contribution in [0.5, 0.6) is 0 Å². The van der Waals surface area contributed by atoms with Crippen molar-refractivity contribution in [1.82, 2.24) is 0 Å². The van der Waals surface area contributed by atoms with Crippen LogP contribution in [-0.2, 0) is 20.4 Å². The molecule has 7 heteroatoms. The number of hydrogen-bond acceptors (Lipinski definition) is 4. The minimum absolute atomic E-state index is 0.289. The zero-order valence-electron chi connectivity index (χ0n) is 8.84. The number of halogens is 1. The van der Waals surface area contributed by atoms with E-state index >= 15 is 0 Å². The third kappa shape index (κ3) is 3.42. The molecule has 0 aliphatic rings. The summed E-state index contributed by atoms with van der Waals surface area (Å²) in [6, 6.07) is 6.38. The predicted octanol–water partition coefficient (Wildman–Crippen LogP) is 0.667. The maximum Gasteiger partial charge on any atom is 0.323 e. The van der Waals surface area contributed by atoms with Crippen LogP contribution in [0.1, 0.15) is 5.56 Å². The molecule has 0 spiro atoms. The molecule has 1 aromatic carbocycles. The smallest absolute Gasteiger partial charge is 0.323 e. The molecule has 0 bridgehead atoms. The van der Waals surface area contributed by atoms with Gasteiger partial charge in [0.2, 0.25) is 0 Å². The summed E-state index contributed by atoms with van der Waals surface area (Å²) in [6.07, 6.45) is 0. The molecule has 0 aliphatic carbocycles. The zero-order chi connectivity index (χ0) is 13.1. The molecular weight excluding hydrogens is 266 g/mol. The fraction of sp³-hybridized carbons (Fsp3) is 0.300. The Hall–Kier alpha value is -1.11. The first-order chi connectivity index (χ1) is 7.88. The number of aliphatic carboxylic acids is 1. The Morgan fingerprint density at radius 2 is 2.00 bits per heavy atom. The second kappa shape index (κ2) is 5.48. The van der Waals surface area contributed by atoms with Gasteiger partial charge in [0, 0.05) is 11.6 Å². The minimum atomic E-state index is -3.86. The Labute approximate surface area is 104 Å². The Balaban J connectivity index is 3.02. The van der Waals surface area contributed by atoms with Crippen molar-refractivity contribution < 1.29 is 18.3 Å². The Kier molecular flexibility index (Phi) is 4.50. The summed E-state index contributed by atoms with van der Waals surface area (Å²) in [5.41, 5.74) is 5.53. The van der Waals surface area contributed by atoms with E-state index in [9.17, 15) is 13.2 Å². The Morgan fingerprint density at radius 3 is 2.47 bits per heavy atom. The maximum atomic E-state index is 11.8. The van der Waals surface area contributed by atoms with Crippen LogP contribution in [0.4, 0.5) is 0 Å². The first kappa shape index (κ1) is 14.0. The van der Waals surface area contributed by atoms with Gasteiger partial charge in [-0.25, -0.2) is 8.42 Å². The van der Waals surface area contributed by atoms with Gasteiger partial charge in [-0.2, -0.15) is 0 Å². The molecule has 1 unspecified atom stereocenters. The van der Waals surface area contributed by atoms with Crippen LogP contribution in [0.25, 0.3) is 0 Å². The highest BCUT2D eigenvalue weighted by atomic mass is 35.5. The van der Waals surface area contributed by atoms with Crippen molar-refractivity contribution in [2.45, 2.75) is 11.0 Å². The molecule has 1 rings (SSSR count). The average Bonchev–Trinajstić information content (AvgIpc) is 2.21. The number of rotatable bonds is 5. The fourth-order valence-electron chi connectivity index (χ4n) is 1.33. The highest BCUT2D eigenvalue weighted by Gasteiger charge is 2.31. The van der Waals surface area contributed by atoms with Gasteiger partial charge in [-0.1, -0.05) is 29.8 Å². The van der Waals surface area contributed by atoms with E-state index in [-0.39, 0.29) is 5.02 Å². The number of carboxylic acids is 1. The molecule has 0 aromatic heterocycles. The van der Waals surface area contributed by atoms with Gasteiger partial charge in [0.1, 0.15) is 0 Å². The molecule has 0 fully saturated rings. The average molecular weight is 278 g/mol. The summed E-state index contributed by atoms with van der Waals surface area (Å²) in [7, 11) is -3.86. The summed E-state index contributed by atoms with van der Waals surface area (Å²) < 4.78 is 23.6. The van der Waals surface area contributed by atoms with Crippen molar-refractivity contribution in [2.75, 3.05) is 6.54 Å². The van der Waals surface area contributed by atoms with Crippen LogP contribution < -0.4 is 5.73 Å². The highest BCUT2D eigenvalue weighted by Crippen LogP contribution is 2.19. The van der Waals surface area contributed by atoms with Crippen LogP contribution in [0.3, 0.4) is 0 Å². The summed E-state index contributed by atoms with van der Waals surface area (Å²) in [4.78, 5) is 10.8. The van der Waals surface area contributed by atoms with E-state index in [1.807, 2.05) is 0 Å². The third-order valence-corrected chi connectivity index (χ3v) is 4.58. The topological polar surface area (TPSA) is 97.5 Å². The molecule has 5 nitrogen and oxygen atoms in total. The van der Waals surface area contributed by atoms with E-state index in [2.05, 4.69) is 0 Å². The summed E-state index contributed by atoms with van der Waals surface area (Å²) >= 11 is 5.81. The second-order valence-electron chi connectivity index (χ2n) is 3.46. The lowest BCUT2D eigenvalue weighted by Crippen LogP contribution is -2.37. The van der Waals surface area contributed by atoms with Crippen molar-refractivity contribution in [1.29, 1.82) is 0 Å². The van der Waals surface area contributed by atoms with Crippen LogP contribution in [0.2, 0.25) is 5.02 Å². The summed E-state index contributed by atoms with van der Waals surface area (Å²) in [5.74, 6) is -1.87. The molecule has 0 saturated carbocycles. The van der Waals surface area contributed by atoms with Gasteiger partial charge in [-0.15, -0.1) is 0 Å². The lowest BCUT2D eigenvalue weighted by atomic mass is 10.2.